The van der Waals surface area contributed by atoms with Crippen molar-refractivity contribution in [3.8, 4) is 0 Å². The lowest BCUT2D eigenvalue weighted by Crippen LogP contribution is -2.55. The van der Waals surface area contributed by atoms with Gasteiger partial charge in [0.1, 0.15) is 11.4 Å². The Hall–Kier alpha value is -2.00. The molecular formula is C19H27FN2O5S. The van der Waals surface area contributed by atoms with E-state index in [-0.39, 0.29) is 29.8 Å². The molecule has 1 amide bonds. The van der Waals surface area contributed by atoms with Gasteiger partial charge in [-0.1, -0.05) is 13.3 Å². The lowest BCUT2D eigenvalue weighted by atomic mass is 9.92. The first-order chi connectivity index (χ1) is 13.1. The second-order valence-electron chi connectivity index (χ2n) is 7.20. The van der Waals surface area contributed by atoms with Gasteiger partial charge in [0.05, 0.1) is 12.0 Å². The molecule has 28 heavy (non-hydrogen) atoms. The van der Waals surface area contributed by atoms with E-state index in [4.69, 9.17) is 4.74 Å². The first kappa shape index (κ1) is 22.3. The average molecular weight is 414 g/mol. The minimum absolute atomic E-state index is 0.0259. The summed E-state index contributed by atoms with van der Waals surface area (Å²) < 4.78 is 44.5. The summed E-state index contributed by atoms with van der Waals surface area (Å²) in [6.45, 7) is 3.90. The molecule has 0 saturated carbocycles. The highest BCUT2D eigenvalue weighted by Crippen LogP contribution is 2.25. The Morgan fingerprint density at radius 1 is 1.25 bits per heavy atom. The SMILES string of the molecule is CCCC(C)(NC(=O)C1CCN(S(=O)(=O)c2ccc(F)cc2)CC1)C(=O)OC. The van der Waals surface area contributed by atoms with Crippen LogP contribution in [0.3, 0.4) is 0 Å². The van der Waals surface area contributed by atoms with Crippen molar-refractivity contribution in [1.29, 1.82) is 0 Å². The predicted molar refractivity (Wildman–Crippen MR) is 101 cm³/mol. The minimum Gasteiger partial charge on any atom is -0.467 e. The molecule has 0 radical (unpaired) electrons. The number of nitrogens with one attached hydrogen (secondary N) is 1. The molecule has 156 valence electrons. The van der Waals surface area contributed by atoms with Crippen molar-refractivity contribution in [1.82, 2.24) is 9.62 Å². The first-order valence-corrected chi connectivity index (χ1v) is 10.7. The van der Waals surface area contributed by atoms with Crippen LogP contribution in [-0.2, 0) is 24.3 Å². The van der Waals surface area contributed by atoms with Gasteiger partial charge in [-0.3, -0.25) is 4.79 Å². The standard InChI is InChI=1S/C19H27FN2O5S/c1-4-11-19(2,18(24)27-3)21-17(23)14-9-12-22(13-10-14)28(25,26)16-7-5-15(20)6-8-16/h5-8,14H,4,9-13H2,1-3H3,(H,21,23). The Balaban J connectivity index is 2.01. The molecule has 1 heterocycles. The lowest BCUT2D eigenvalue weighted by Gasteiger charge is -2.33. The number of ether oxygens (including phenoxy) is 1. The molecule has 0 spiro atoms. The number of hydrogen-bond acceptors (Lipinski definition) is 5. The number of carbonyl (C=O) groups is 2. The van der Waals surface area contributed by atoms with E-state index in [0.29, 0.717) is 25.7 Å². The Morgan fingerprint density at radius 3 is 2.32 bits per heavy atom. The number of nitrogens with zero attached hydrogens (tertiary/aromatic N) is 1. The van der Waals surface area contributed by atoms with E-state index in [1.807, 2.05) is 6.92 Å². The van der Waals surface area contributed by atoms with Gasteiger partial charge in [-0.05, 0) is 50.5 Å². The molecule has 1 aliphatic heterocycles. The first-order valence-electron chi connectivity index (χ1n) is 9.30. The largest absolute Gasteiger partial charge is 0.467 e. The molecule has 1 N–H and O–H groups in total. The minimum atomic E-state index is -3.73. The monoisotopic (exact) mass is 414 g/mol. The third-order valence-corrected chi connectivity index (χ3v) is 6.97. The Labute approximate surface area is 165 Å². The van der Waals surface area contributed by atoms with E-state index >= 15 is 0 Å². The summed E-state index contributed by atoms with van der Waals surface area (Å²) in [6, 6.07) is 4.68. The van der Waals surface area contributed by atoms with Crippen LogP contribution in [0.15, 0.2) is 29.2 Å². The van der Waals surface area contributed by atoms with Crippen molar-refractivity contribution in [3.05, 3.63) is 30.1 Å². The molecule has 0 bridgehead atoms. The van der Waals surface area contributed by atoms with Crippen molar-refractivity contribution >= 4 is 21.9 Å². The van der Waals surface area contributed by atoms with Crippen LogP contribution in [-0.4, -0.2) is 50.3 Å². The molecule has 1 fully saturated rings. The fourth-order valence-corrected chi connectivity index (χ4v) is 4.90. The van der Waals surface area contributed by atoms with Crippen molar-refractivity contribution in [2.75, 3.05) is 20.2 Å². The van der Waals surface area contributed by atoms with E-state index in [1.54, 1.807) is 6.92 Å². The molecule has 7 nitrogen and oxygen atoms in total. The Kier molecular flexibility index (Phi) is 7.16. The van der Waals surface area contributed by atoms with Crippen LogP contribution in [0.4, 0.5) is 4.39 Å². The Morgan fingerprint density at radius 2 is 1.82 bits per heavy atom. The number of amides is 1. The highest BCUT2D eigenvalue weighted by atomic mass is 32.2. The zero-order valence-corrected chi connectivity index (χ0v) is 17.2. The molecule has 1 aliphatic rings. The molecule has 1 atom stereocenters. The maximum Gasteiger partial charge on any atom is 0.331 e. The molecule has 1 aromatic rings. The van der Waals surface area contributed by atoms with E-state index in [2.05, 4.69) is 5.32 Å². The van der Waals surface area contributed by atoms with Gasteiger partial charge in [0.2, 0.25) is 15.9 Å². The number of halogens is 1. The van der Waals surface area contributed by atoms with Crippen LogP contribution in [0.25, 0.3) is 0 Å². The molecule has 1 saturated heterocycles. The van der Waals surface area contributed by atoms with Gasteiger partial charge >= 0.3 is 5.97 Å². The van der Waals surface area contributed by atoms with Crippen LogP contribution in [0, 0.1) is 11.7 Å². The quantitative estimate of drug-likeness (QED) is 0.690. The summed E-state index contributed by atoms with van der Waals surface area (Å²) in [5, 5.41) is 2.78. The number of sulfonamides is 1. The van der Waals surface area contributed by atoms with Gasteiger partial charge in [-0.15, -0.1) is 0 Å². The van der Waals surface area contributed by atoms with E-state index < -0.39 is 27.3 Å². The number of esters is 1. The van der Waals surface area contributed by atoms with Crippen LogP contribution >= 0.6 is 0 Å². The van der Waals surface area contributed by atoms with Gasteiger partial charge < -0.3 is 10.1 Å². The van der Waals surface area contributed by atoms with Gasteiger partial charge in [0, 0.05) is 19.0 Å². The molecule has 9 heteroatoms. The fourth-order valence-electron chi connectivity index (χ4n) is 3.43. The van der Waals surface area contributed by atoms with Crippen LogP contribution in [0.5, 0.6) is 0 Å². The second-order valence-corrected chi connectivity index (χ2v) is 9.13. The third-order valence-electron chi connectivity index (χ3n) is 5.06. The summed E-state index contributed by atoms with van der Waals surface area (Å²) in [6.07, 6.45) is 1.83. The third kappa shape index (κ3) is 4.88. The van der Waals surface area contributed by atoms with Crippen molar-refractivity contribution in [3.63, 3.8) is 0 Å². The van der Waals surface area contributed by atoms with Gasteiger partial charge in [-0.25, -0.2) is 17.6 Å². The summed E-state index contributed by atoms with van der Waals surface area (Å²) in [5.74, 6) is -1.67. The summed E-state index contributed by atoms with van der Waals surface area (Å²) in [5.41, 5.74) is -1.10. The van der Waals surface area contributed by atoms with Gasteiger partial charge in [-0.2, -0.15) is 4.31 Å². The number of methoxy groups -OCH3 is 1. The number of benzene rings is 1. The number of rotatable bonds is 7. The normalized spacial score (nSPS) is 18.3. The summed E-state index contributed by atoms with van der Waals surface area (Å²) in [4.78, 5) is 24.7. The number of hydrogen-bond donors (Lipinski definition) is 1. The maximum atomic E-state index is 13.0. The van der Waals surface area contributed by atoms with Gasteiger partial charge in [0.25, 0.3) is 0 Å². The van der Waals surface area contributed by atoms with Crippen molar-refractivity contribution in [2.24, 2.45) is 5.92 Å². The smallest absolute Gasteiger partial charge is 0.331 e. The highest BCUT2D eigenvalue weighted by Gasteiger charge is 2.38. The Bertz CT molecular complexity index is 804. The van der Waals surface area contributed by atoms with E-state index in [1.165, 1.54) is 23.5 Å². The second kappa shape index (κ2) is 9.00. The van der Waals surface area contributed by atoms with E-state index in [9.17, 15) is 22.4 Å². The molecule has 1 unspecified atom stereocenters. The van der Waals surface area contributed by atoms with Crippen LogP contribution in [0.2, 0.25) is 0 Å². The van der Waals surface area contributed by atoms with Crippen molar-refractivity contribution < 1.29 is 27.1 Å². The molecule has 0 aromatic heterocycles. The van der Waals surface area contributed by atoms with Crippen LogP contribution in [0.1, 0.15) is 39.5 Å². The van der Waals surface area contributed by atoms with Crippen LogP contribution < -0.4 is 5.32 Å². The fraction of sp³-hybridized carbons (Fsp3) is 0.579. The van der Waals surface area contributed by atoms with Gasteiger partial charge in [0.15, 0.2) is 0 Å². The molecule has 1 aromatic carbocycles. The van der Waals surface area contributed by atoms with Crippen molar-refractivity contribution in [2.45, 2.75) is 50.0 Å². The zero-order chi connectivity index (χ0) is 20.9. The van der Waals surface area contributed by atoms with E-state index in [0.717, 1.165) is 12.1 Å². The average Bonchev–Trinajstić information content (AvgIpc) is 2.67. The summed E-state index contributed by atoms with van der Waals surface area (Å²) >= 11 is 0. The topological polar surface area (TPSA) is 92.8 Å². The number of carbonyl (C=O) groups excluding carboxylic acids is 2. The highest BCUT2D eigenvalue weighted by molar-refractivity contribution is 7.89. The molecule has 0 aliphatic carbocycles. The zero-order valence-electron chi connectivity index (χ0n) is 16.4. The predicted octanol–water partition coefficient (Wildman–Crippen LogP) is 2.07. The summed E-state index contributed by atoms with van der Waals surface area (Å²) in [7, 11) is -2.45. The maximum absolute atomic E-state index is 13.0. The number of piperidine rings is 1. The molecule has 2 rings (SSSR count). The molecular weight excluding hydrogens is 387 g/mol. The lowest BCUT2D eigenvalue weighted by molar-refractivity contribution is -0.151.